The third-order valence-electron chi connectivity index (χ3n) is 4.39. The van der Waals surface area contributed by atoms with Crippen LogP contribution in [-0.2, 0) is 0 Å². The summed E-state index contributed by atoms with van der Waals surface area (Å²) in [5.74, 6) is -0.00439. The van der Waals surface area contributed by atoms with Crippen LogP contribution in [-0.4, -0.2) is 28.5 Å². The molecule has 0 bridgehead atoms. The van der Waals surface area contributed by atoms with Crippen molar-refractivity contribution in [1.29, 1.82) is 0 Å². The fourth-order valence-corrected chi connectivity index (χ4v) is 3.39. The Hall–Kier alpha value is -1.84. The van der Waals surface area contributed by atoms with Crippen LogP contribution in [0.25, 0.3) is 0 Å². The summed E-state index contributed by atoms with van der Waals surface area (Å²) in [5, 5.41) is 11.0. The number of hydrogen-bond donors (Lipinski definition) is 1. The molecular weight excluding hydrogens is 310 g/mol. The molecule has 2 aromatic carbocycles. The molecule has 1 aliphatic rings. The summed E-state index contributed by atoms with van der Waals surface area (Å²) in [4.78, 5) is 14.6. The molecular formula is C19H20ClNO2. The van der Waals surface area contributed by atoms with Crippen molar-refractivity contribution in [3.63, 3.8) is 0 Å². The molecule has 2 atom stereocenters. The maximum atomic E-state index is 12.7. The van der Waals surface area contributed by atoms with Crippen LogP contribution < -0.4 is 0 Å². The minimum atomic E-state index is -0.547. The molecule has 0 spiro atoms. The van der Waals surface area contributed by atoms with Gasteiger partial charge in [0.2, 0.25) is 0 Å². The summed E-state index contributed by atoms with van der Waals surface area (Å²) in [6.45, 7) is 0.734. The minimum absolute atomic E-state index is 0.00439. The van der Waals surface area contributed by atoms with Gasteiger partial charge in [0.05, 0.1) is 6.10 Å². The van der Waals surface area contributed by atoms with Crippen LogP contribution in [0.3, 0.4) is 0 Å². The summed E-state index contributed by atoms with van der Waals surface area (Å²) in [6.07, 6.45) is 1.92. The van der Waals surface area contributed by atoms with E-state index in [1.165, 1.54) is 0 Å². The molecule has 120 valence electrons. The van der Waals surface area contributed by atoms with Crippen molar-refractivity contribution >= 4 is 17.5 Å². The highest BCUT2D eigenvalue weighted by Gasteiger charge is 2.31. The van der Waals surface area contributed by atoms with Gasteiger partial charge < -0.3 is 10.0 Å². The van der Waals surface area contributed by atoms with Crippen molar-refractivity contribution in [3.8, 4) is 0 Å². The maximum Gasteiger partial charge on any atom is 0.254 e. The van der Waals surface area contributed by atoms with Crippen molar-refractivity contribution in [2.24, 2.45) is 0 Å². The number of hydrogen-bond acceptors (Lipinski definition) is 2. The number of nitrogens with zero attached hydrogens (tertiary/aromatic N) is 1. The van der Waals surface area contributed by atoms with Crippen LogP contribution in [0, 0.1) is 0 Å². The van der Waals surface area contributed by atoms with Crippen molar-refractivity contribution in [2.45, 2.75) is 31.4 Å². The van der Waals surface area contributed by atoms with E-state index in [9.17, 15) is 9.90 Å². The molecule has 1 aliphatic heterocycles. The zero-order chi connectivity index (χ0) is 16.2. The SMILES string of the molecule is O=C(c1cccc(Cl)c1)N1CCCC1CC(O)c1ccccc1. The smallest absolute Gasteiger partial charge is 0.254 e. The number of amides is 1. The van der Waals surface area contributed by atoms with Gasteiger partial charge in [-0.25, -0.2) is 0 Å². The Labute approximate surface area is 141 Å². The van der Waals surface area contributed by atoms with Crippen molar-refractivity contribution in [3.05, 3.63) is 70.7 Å². The number of rotatable bonds is 4. The second-order valence-electron chi connectivity index (χ2n) is 5.97. The number of aliphatic hydroxyl groups excluding tert-OH is 1. The fraction of sp³-hybridized carbons (Fsp3) is 0.316. The molecule has 1 saturated heterocycles. The average molecular weight is 330 g/mol. The average Bonchev–Trinajstić information content (AvgIpc) is 3.03. The van der Waals surface area contributed by atoms with Crippen LogP contribution in [0.5, 0.6) is 0 Å². The minimum Gasteiger partial charge on any atom is -0.388 e. The highest BCUT2D eigenvalue weighted by atomic mass is 35.5. The van der Waals surface area contributed by atoms with Gasteiger partial charge in [0, 0.05) is 23.2 Å². The Morgan fingerprint density at radius 3 is 2.74 bits per heavy atom. The first kappa shape index (κ1) is 16.0. The van der Waals surface area contributed by atoms with Crippen LogP contribution in [0.4, 0.5) is 0 Å². The number of likely N-dealkylation sites (tertiary alicyclic amines) is 1. The molecule has 3 nitrogen and oxygen atoms in total. The standard InChI is InChI=1S/C19H20ClNO2/c20-16-9-4-8-15(12-16)19(23)21-11-5-10-17(21)13-18(22)14-6-2-1-3-7-14/h1-4,6-9,12,17-18,22H,5,10-11,13H2. The number of carbonyl (C=O) groups is 1. The summed E-state index contributed by atoms with van der Waals surface area (Å²) < 4.78 is 0. The Kier molecular flexibility index (Phi) is 4.99. The first-order valence-electron chi connectivity index (χ1n) is 7.94. The van der Waals surface area contributed by atoms with Gasteiger partial charge in [-0.05, 0) is 43.0 Å². The molecule has 2 aromatic rings. The molecule has 0 saturated carbocycles. The van der Waals surface area contributed by atoms with E-state index in [2.05, 4.69) is 0 Å². The molecule has 3 rings (SSSR count). The molecule has 0 radical (unpaired) electrons. The molecule has 4 heteroatoms. The number of halogens is 1. The summed E-state index contributed by atoms with van der Waals surface area (Å²) >= 11 is 5.99. The topological polar surface area (TPSA) is 40.5 Å². The van der Waals surface area contributed by atoms with Gasteiger partial charge in [-0.1, -0.05) is 48.0 Å². The van der Waals surface area contributed by atoms with E-state index in [1.54, 1.807) is 24.3 Å². The quantitative estimate of drug-likeness (QED) is 0.918. The molecule has 0 aromatic heterocycles. The highest BCUT2D eigenvalue weighted by Crippen LogP contribution is 2.28. The van der Waals surface area contributed by atoms with Crippen LogP contribution in [0.2, 0.25) is 5.02 Å². The third kappa shape index (κ3) is 3.74. The lowest BCUT2D eigenvalue weighted by atomic mass is 10.00. The molecule has 1 amide bonds. The largest absolute Gasteiger partial charge is 0.388 e. The van der Waals surface area contributed by atoms with E-state index in [-0.39, 0.29) is 11.9 Å². The molecule has 1 N–H and O–H groups in total. The lowest BCUT2D eigenvalue weighted by Gasteiger charge is -2.27. The van der Waals surface area contributed by atoms with E-state index in [0.29, 0.717) is 17.0 Å². The van der Waals surface area contributed by atoms with Gasteiger partial charge in [0.1, 0.15) is 0 Å². The monoisotopic (exact) mass is 329 g/mol. The van der Waals surface area contributed by atoms with E-state index >= 15 is 0 Å². The molecule has 2 unspecified atom stereocenters. The Balaban J connectivity index is 1.71. The molecule has 23 heavy (non-hydrogen) atoms. The predicted octanol–water partition coefficient (Wildman–Crippen LogP) is 4.07. The Morgan fingerprint density at radius 2 is 2.00 bits per heavy atom. The van der Waals surface area contributed by atoms with Crippen LogP contribution in [0.1, 0.15) is 41.3 Å². The van der Waals surface area contributed by atoms with Crippen molar-refractivity contribution < 1.29 is 9.90 Å². The van der Waals surface area contributed by atoms with E-state index < -0.39 is 6.10 Å². The molecule has 1 fully saturated rings. The van der Waals surface area contributed by atoms with Gasteiger partial charge in [-0.15, -0.1) is 0 Å². The van der Waals surface area contributed by atoms with Crippen molar-refractivity contribution in [1.82, 2.24) is 4.90 Å². The van der Waals surface area contributed by atoms with E-state index in [1.807, 2.05) is 35.2 Å². The van der Waals surface area contributed by atoms with Gasteiger partial charge in [-0.2, -0.15) is 0 Å². The Bertz CT molecular complexity index is 674. The second kappa shape index (κ2) is 7.16. The van der Waals surface area contributed by atoms with Gasteiger partial charge in [0.25, 0.3) is 5.91 Å². The summed E-state index contributed by atoms with van der Waals surface area (Å²) in [7, 11) is 0. The fourth-order valence-electron chi connectivity index (χ4n) is 3.20. The lowest BCUT2D eigenvalue weighted by Crippen LogP contribution is -2.36. The van der Waals surface area contributed by atoms with Crippen LogP contribution in [0.15, 0.2) is 54.6 Å². The predicted molar refractivity (Wildman–Crippen MR) is 91.5 cm³/mol. The Morgan fingerprint density at radius 1 is 1.22 bits per heavy atom. The first-order chi connectivity index (χ1) is 11.1. The zero-order valence-electron chi connectivity index (χ0n) is 12.9. The number of benzene rings is 2. The lowest BCUT2D eigenvalue weighted by molar-refractivity contribution is 0.0667. The van der Waals surface area contributed by atoms with Crippen molar-refractivity contribution in [2.75, 3.05) is 6.54 Å². The van der Waals surface area contributed by atoms with Gasteiger partial charge in [0.15, 0.2) is 0 Å². The third-order valence-corrected chi connectivity index (χ3v) is 4.62. The van der Waals surface area contributed by atoms with E-state index in [0.717, 1.165) is 24.9 Å². The second-order valence-corrected chi connectivity index (χ2v) is 6.40. The van der Waals surface area contributed by atoms with Gasteiger partial charge in [-0.3, -0.25) is 4.79 Å². The normalized spacial score (nSPS) is 18.9. The molecule has 0 aliphatic carbocycles. The maximum absolute atomic E-state index is 12.7. The van der Waals surface area contributed by atoms with E-state index in [4.69, 9.17) is 11.6 Å². The number of aliphatic hydroxyl groups is 1. The summed E-state index contributed by atoms with van der Waals surface area (Å²) in [5.41, 5.74) is 1.51. The first-order valence-corrected chi connectivity index (χ1v) is 8.32. The van der Waals surface area contributed by atoms with Crippen LogP contribution >= 0.6 is 11.6 Å². The zero-order valence-corrected chi connectivity index (χ0v) is 13.6. The van der Waals surface area contributed by atoms with Gasteiger partial charge >= 0.3 is 0 Å². The highest BCUT2D eigenvalue weighted by molar-refractivity contribution is 6.30. The summed E-state index contributed by atoms with van der Waals surface area (Å²) in [6, 6.07) is 16.7. The molecule has 1 heterocycles. The number of carbonyl (C=O) groups excluding carboxylic acids is 1.